The number of para-hydroxylation sites is 1. The number of pyridine rings is 1. The third kappa shape index (κ3) is 6.07. The highest BCUT2D eigenvalue weighted by Gasteiger charge is 2.34. The maximum absolute atomic E-state index is 13.8. The second-order valence-corrected chi connectivity index (χ2v) is 8.80. The van der Waals surface area contributed by atoms with Crippen LogP contribution in [0.15, 0.2) is 42.6 Å². The van der Waals surface area contributed by atoms with Gasteiger partial charge in [0, 0.05) is 30.4 Å². The molecule has 1 amide bonds. The zero-order valence-electron chi connectivity index (χ0n) is 21.3. The van der Waals surface area contributed by atoms with E-state index in [9.17, 15) is 33.1 Å². The molecule has 0 saturated carbocycles. The molecule has 0 saturated heterocycles. The van der Waals surface area contributed by atoms with Crippen molar-refractivity contribution in [3.8, 4) is 28.7 Å². The van der Waals surface area contributed by atoms with Gasteiger partial charge < -0.3 is 19.5 Å². The van der Waals surface area contributed by atoms with E-state index in [1.165, 1.54) is 31.2 Å². The molecule has 1 aromatic heterocycles. The molecule has 0 aliphatic heterocycles. The third-order valence-electron chi connectivity index (χ3n) is 5.88. The number of carboxylic acids is 1. The van der Waals surface area contributed by atoms with Crippen molar-refractivity contribution < 1.29 is 37.3 Å². The summed E-state index contributed by atoms with van der Waals surface area (Å²) in [6, 6.07) is 9.87. The number of hydrogen-bond acceptors (Lipinski definition) is 6. The van der Waals surface area contributed by atoms with Gasteiger partial charge in [-0.2, -0.15) is 18.4 Å². The monoisotopic (exact) mass is 561 g/mol. The zero-order valence-corrected chi connectivity index (χ0v) is 22.0. The molecule has 1 unspecified atom stereocenters. The summed E-state index contributed by atoms with van der Waals surface area (Å²) in [5.41, 5.74) is -0.711. The predicted molar refractivity (Wildman–Crippen MR) is 137 cm³/mol. The number of amides is 1. The Morgan fingerprint density at radius 2 is 1.90 bits per heavy atom. The van der Waals surface area contributed by atoms with Crippen LogP contribution in [0.4, 0.5) is 18.9 Å². The molecule has 3 rings (SSSR count). The zero-order chi connectivity index (χ0) is 29.1. The van der Waals surface area contributed by atoms with E-state index < -0.39 is 29.9 Å². The number of alkyl halides is 3. The number of nitriles is 1. The van der Waals surface area contributed by atoms with Crippen LogP contribution in [0.2, 0.25) is 5.02 Å². The van der Waals surface area contributed by atoms with Crippen LogP contribution in [0.5, 0.6) is 11.5 Å². The number of rotatable bonds is 8. The number of halogens is 4. The Labute approximate surface area is 227 Å². The van der Waals surface area contributed by atoms with Crippen LogP contribution in [-0.4, -0.2) is 42.2 Å². The number of carbonyl (C=O) groups excluding carboxylic acids is 1. The lowest BCUT2D eigenvalue weighted by Gasteiger charge is -2.24. The largest absolute Gasteiger partial charge is 0.495 e. The summed E-state index contributed by atoms with van der Waals surface area (Å²) in [5, 5.41) is 19.0. The van der Waals surface area contributed by atoms with E-state index in [4.69, 9.17) is 21.1 Å². The molecule has 0 bridgehead atoms. The fourth-order valence-electron chi connectivity index (χ4n) is 3.91. The molecule has 0 aliphatic rings. The van der Waals surface area contributed by atoms with E-state index in [0.717, 1.165) is 6.20 Å². The summed E-state index contributed by atoms with van der Waals surface area (Å²) in [7, 11) is 2.91. The topological polar surface area (TPSA) is 113 Å². The van der Waals surface area contributed by atoms with Gasteiger partial charge in [-0.05, 0) is 37.1 Å². The number of methoxy groups -OCH3 is 1. The van der Waals surface area contributed by atoms with Crippen molar-refractivity contribution in [2.45, 2.75) is 32.5 Å². The number of carbonyl (C=O) groups is 2. The first-order chi connectivity index (χ1) is 18.3. The van der Waals surface area contributed by atoms with Gasteiger partial charge in [0.25, 0.3) is 5.91 Å². The fraction of sp³-hybridized carbons (Fsp3) is 0.259. The molecule has 1 N–H and O–H groups in total. The maximum atomic E-state index is 13.8. The van der Waals surface area contributed by atoms with Crippen molar-refractivity contribution in [3.05, 3.63) is 70.0 Å². The molecule has 2 aromatic carbocycles. The van der Waals surface area contributed by atoms with E-state index in [-0.39, 0.29) is 39.4 Å². The highest BCUT2D eigenvalue weighted by molar-refractivity contribution is 6.34. The minimum absolute atomic E-state index is 0.0265. The molecule has 12 heteroatoms. The molecule has 3 aromatic rings. The smallest absolute Gasteiger partial charge is 0.433 e. The second kappa shape index (κ2) is 11.6. The Morgan fingerprint density at radius 1 is 1.21 bits per heavy atom. The van der Waals surface area contributed by atoms with Gasteiger partial charge >= 0.3 is 12.1 Å². The minimum atomic E-state index is -4.78. The van der Waals surface area contributed by atoms with Gasteiger partial charge in [0.1, 0.15) is 17.2 Å². The highest BCUT2D eigenvalue weighted by atomic mass is 35.5. The molecule has 8 nitrogen and oxygen atoms in total. The van der Waals surface area contributed by atoms with E-state index in [2.05, 4.69) is 4.98 Å². The lowest BCUT2D eigenvalue weighted by atomic mass is 9.98. The second-order valence-electron chi connectivity index (χ2n) is 8.40. The number of hydrogen-bond donors (Lipinski definition) is 1. The van der Waals surface area contributed by atoms with Crippen molar-refractivity contribution in [2.75, 3.05) is 19.1 Å². The van der Waals surface area contributed by atoms with Crippen molar-refractivity contribution in [2.24, 2.45) is 0 Å². The molecule has 1 heterocycles. The van der Waals surface area contributed by atoms with Crippen LogP contribution in [0.3, 0.4) is 0 Å². The first kappa shape index (κ1) is 29.3. The van der Waals surface area contributed by atoms with Crippen LogP contribution in [0.25, 0.3) is 11.1 Å². The molecule has 204 valence electrons. The molecule has 0 spiro atoms. The third-order valence-corrected chi connectivity index (χ3v) is 6.19. The summed E-state index contributed by atoms with van der Waals surface area (Å²) in [5.74, 6) is -1.71. The Balaban J connectivity index is 2.25. The van der Waals surface area contributed by atoms with Crippen LogP contribution in [0.1, 0.15) is 40.5 Å². The standard InChI is InChI=1S/C27H23ClF3N3O5/c1-5-20(26(36)37)39-22-11-19(28)16(18-13-33-23(27(29,30)31)9-15(18)12-32)10-17(22)25(35)34(3)24-14(2)7-6-8-21(24)38-4/h6-11,13,20H,5H2,1-4H3,(H,36,37). The molecule has 0 aliphatic carbocycles. The lowest BCUT2D eigenvalue weighted by molar-refractivity contribution is -0.145. The molecular formula is C27H23ClF3N3O5. The first-order valence-corrected chi connectivity index (χ1v) is 11.8. The Hall–Kier alpha value is -4.30. The summed E-state index contributed by atoms with van der Waals surface area (Å²) >= 11 is 6.44. The number of carboxylic acid groups (broad SMARTS) is 1. The fourth-order valence-corrected chi connectivity index (χ4v) is 4.17. The molecule has 0 fully saturated rings. The van der Waals surface area contributed by atoms with Crippen LogP contribution >= 0.6 is 11.6 Å². The molecular weight excluding hydrogens is 539 g/mol. The van der Waals surface area contributed by atoms with Gasteiger partial charge in [0.2, 0.25) is 0 Å². The summed E-state index contributed by atoms with van der Waals surface area (Å²) in [6.07, 6.45) is -5.20. The van der Waals surface area contributed by atoms with Crippen LogP contribution in [-0.2, 0) is 11.0 Å². The van der Waals surface area contributed by atoms with Crippen molar-refractivity contribution in [1.29, 1.82) is 5.26 Å². The Kier molecular flexibility index (Phi) is 8.71. The van der Waals surface area contributed by atoms with E-state index >= 15 is 0 Å². The predicted octanol–water partition coefficient (Wildman–Crippen LogP) is 6.13. The van der Waals surface area contributed by atoms with Crippen molar-refractivity contribution >= 4 is 29.2 Å². The average molecular weight is 562 g/mol. The lowest BCUT2D eigenvalue weighted by Crippen LogP contribution is -2.30. The van der Waals surface area contributed by atoms with E-state index in [1.807, 2.05) is 0 Å². The van der Waals surface area contributed by atoms with Gasteiger partial charge in [-0.1, -0.05) is 30.7 Å². The molecule has 39 heavy (non-hydrogen) atoms. The van der Waals surface area contributed by atoms with Gasteiger partial charge in [-0.15, -0.1) is 0 Å². The number of nitrogens with zero attached hydrogens (tertiary/aromatic N) is 3. The maximum Gasteiger partial charge on any atom is 0.433 e. The number of anilines is 1. The van der Waals surface area contributed by atoms with Crippen LogP contribution in [0, 0.1) is 18.3 Å². The van der Waals surface area contributed by atoms with Crippen molar-refractivity contribution in [3.63, 3.8) is 0 Å². The number of aryl methyl sites for hydroxylation is 1. The van der Waals surface area contributed by atoms with E-state index in [1.54, 1.807) is 38.1 Å². The first-order valence-electron chi connectivity index (χ1n) is 11.5. The van der Waals surface area contributed by atoms with Gasteiger partial charge in [-0.3, -0.25) is 9.78 Å². The average Bonchev–Trinajstić information content (AvgIpc) is 2.89. The minimum Gasteiger partial charge on any atom is -0.495 e. The number of benzene rings is 2. The van der Waals surface area contributed by atoms with Gasteiger partial charge in [0.05, 0.1) is 35.0 Å². The van der Waals surface area contributed by atoms with Crippen LogP contribution < -0.4 is 14.4 Å². The summed E-state index contributed by atoms with van der Waals surface area (Å²) in [6.45, 7) is 3.34. The summed E-state index contributed by atoms with van der Waals surface area (Å²) < 4.78 is 50.6. The Bertz CT molecular complexity index is 1470. The normalized spacial score (nSPS) is 11.9. The number of aromatic nitrogens is 1. The Morgan fingerprint density at radius 3 is 2.46 bits per heavy atom. The van der Waals surface area contributed by atoms with Crippen molar-refractivity contribution in [1.82, 2.24) is 4.98 Å². The van der Waals surface area contributed by atoms with E-state index in [0.29, 0.717) is 23.1 Å². The number of aliphatic carboxylic acids is 1. The quantitative estimate of drug-likeness (QED) is 0.352. The summed E-state index contributed by atoms with van der Waals surface area (Å²) in [4.78, 5) is 30.2. The SMILES string of the molecule is CCC(Oc1cc(Cl)c(-c2cnc(C(F)(F)F)cc2C#N)cc1C(=O)N(C)c1c(C)cccc1OC)C(=O)O. The highest BCUT2D eigenvalue weighted by Crippen LogP contribution is 2.39. The molecule has 1 atom stereocenters. The number of ether oxygens (including phenoxy) is 2. The van der Waals surface area contributed by atoms with Gasteiger partial charge in [-0.25, -0.2) is 4.79 Å². The van der Waals surface area contributed by atoms with Gasteiger partial charge in [0.15, 0.2) is 6.10 Å². The molecule has 0 radical (unpaired) electrons.